The highest BCUT2D eigenvalue weighted by atomic mass is 19.1. The second-order valence-corrected chi connectivity index (χ2v) is 8.35. The summed E-state index contributed by atoms with van der Waals surface area (Å²) in [6.45, 7) is 5.47. The molecule has 6 nitrogen and oxygen atoms in total. The summed E-state index contributed by atoms with van der Waals surface area (Å²) < 4.78 is 13.1. The predicted octanol–water partition coefficient (Wildman–Crippen LogP) is 4.64. The first kappa shape index (κ1) is 24.1. The molecule has 1 heterocycles. The van der Waals surface area contributed by atoms with E-state index in [4.69, 9.17) is 5.26 Å². The van der Waals surface area contributed by atoms with Gasteiger partial charge in [-0.3, -0.25) is 14.8 Å². The molecule has 0 bridgehead atoms. The zero-order valence-corrected chi connectivity index (χ0v) is 19.4. The van der Waals surface area contributed by atoms with Crippen molar-refractivity contribution < 1.29 is 9.18 Å². The van der Waals surface area contributed by atoms with Crippen molar-refractivity contribution in [2.45, 2.75) is 33.1 Å². The van der Waals surface area contributed by atoms with Gasteiger partial charge in [0.1, 0.15) is 5.82 Å². The molecule has 1 N–H and O–H groups in total. The third-order valence-electron chi connectivity index (χ3n) is 5.71. The van der Waals surface area contributed by atoms with Crippen LogP contribution < -0.4 is 4.90 Å². The van der Waals surface area contributed by atoms with Crippen molar-refractivity contribution >= 4 is 11.6 Å². The van der Waals surface area contributed by atoms with Gasteiger partial charge < -0.3 is 4.90 Å². The summed E-state index contributed by atoms with van der Waals surface area (Å²) >= 11 is 0. The van der Waals surface area contributed by atoms with Gasteiger partial charge in [-0.05, 0) is 93.9 Å². The van der Waals surface area contributed by atoms with E-state index in [1.165, 1.54) is 17.7 Å². The van der Waals surface area contributed by atoms with Crippen LogP contribution >= 0.6 is 0 Å². The normalized spacial score (nSPS) is 10.9. The lowest BCUT2D eigenvalue weighted by atomic mass is 10.1. The summed E-state index contributed by atoms with van der Waals surface area (Å²) in [4.78, 5) is 16.7. The van der Waals surface area contributed by atoms with Crippen LogP contribution in [0.1, 0.15) is 29.7 Å². The molecule has 3 aromatic rings. The quantitative estimate of drug-likeness (QED) is 0.491. The lowest BCUT2D eigenvalue weighted by Gasteiger charge is -2.25. The van der Waals surface area contributed by atoms with E-state index in [-0.39, 0.29) is 18.3 Å². The average Bonchev–Trinajstić information content (AvgIpc) is 3.25. The van der Waals surface area contributed by atoms with Gasteiger partial charge in [0.2, 0.25) is 5.91 Å². The molecule has 0 aliphatic rings. The largest absolute Gasteiger partial charge is 0.310 e. The van der Waals surface area contributed by atoms with E-state index >= 15 is 0 Å². The van der Waals surface area contributed by atoms with Crippen LogP contribution in [0.4, 0.5) is 10.1 Å². The Kier molecular flexibility index (Phi) is 8.34. The van der Waals surface area contributed by atoms with E-state index in [0.717, 1.165) is 47.6 Å². The number of benzene rings is 2. The van der Waals surface area contributed by atoms with Crippen LogP contribution in [-0.2, 0) is 11.2 Å². The number of nitrogens with zero attached hydrogens (tertiary/aromatic N) is 4. The van der Waals surface area contributed by atoms with Crippen molar-refractivity contribution in [1.82, 2.24) is 15.1 Å². The molecule has 2 aromatic carbocycles. The van der Waals surface area contributed by atoms with Crippen LogP contribution in [0.3, 0.4) is 0 Å². The maximum Gasteiger partial charge on any atom is 0.241 e. The molecule has 1 amide bonds. The number of hydrogen-bond donors (Lipinski definition) is 1. The molecule has 172 valence electrons. The van der Waals surface area contributed by atoms with Gasteiger partial charge in [-0.1, -0.05) is 6.07 Å². The van der Waals surface area contributed by atoms with Gasteiger partial charge in [0.15, 0.2) is 0 Å². The molecule has 0 saturated carbocycles. The number of aryl methyl sites for hydroxylation is 3. The van der Waals surface area contributed by atoms with E-state index in [0.29, 0.717) is 13.0 Å². The number of nitrogens with one attached hydrogen (secondary N) is 1. The SMILES string of the molecule is Cc1ccc(N(CCC#N)C(=O)CN(C)CCCc2cc(-c3ccc(F)cc3)n[nH]2)cc1C. The van der Waals surface area contributed by atoms with E-state index in [9.17, 15) is 9.18 Å². The molecule has 0 radical (unpaired) electrons. The van der Waals surface area contributed by atoms with Crippen molar-refractivity contribution in [3.63, 3.8) is 0 Å². The minimum Gasteiger partial charge on any atom is -0.310 e. The molecule has 33 heavy (non-hydrogen) atoms. The van der Waals surface area contributed by atoms with E-state index in [2.05, 4.69) is 16.3 Å². The minimum absolute atomic E-state index is 0.0175. The number of rotatable bonds is 10. The highest BCUT2D eigenvalue weighted by Crippen LogP contribution is 2.20. The molecule has 0 fully saturated rings. The molecule has 0 atom stereocenters. The van der Waals surface area contributed by atoms with E-state index < -0.39 is 0 Å². The third kappa shape index (κ3) is 6.74. The number of H-pyrrole nitrogens is 1. The molecule has 0 saturated heterocycles. The maximum atomic E-state index is 13.1. The van der Waals surface area contributed by atoms with Crippen LogP contribution in [0.5, 0.6) is 0 Å². The molecular formula is C26H30FN5O. The van der Waals surface area contributed by atoms with E-state index in [1.807, 2.05) is 50.1 Å². The van der Waals surface area contributed by atoms with Crippen LogP contribution in [0.25, 0.3) is 11.3 Å². The zero-order valence-electron chi connectivity index (χ0n) is 19.4. The van der Waals surface area contributed by atoms with Crippen molar-refractivity contribution in [3.8, 4) is 17.3 Å². The Hall–Kier alpha value is -3.50. The standard InChI is InChI=1S/C26H30FN5O/c1-19-7-12-24(16-20(19)2)32(15-5-13-28)26(33)18-31(3)14-4-6-23-17-25(30-29-23)21-8-10-22(27)11-9-21/h7-12,16-17H,4-6,14-15,18H2,1-3H3,(H,29,30). The fraction of sp³-hybridized carbons (Fsp3) is 0.346. The van der Waals surface area contributed by atoms with Gasteiger partial charge in [-0.2, -0.15) is 10.4 Å². The molecule has 0 aliphatic heterocycles. The lowest BCUT2D eigenvalue weighted by molar-refractivity contribution is -0.119. The number of amides is 1. The number of hydrogen-bond acceptors (Lipinski definition) is 4. The first-order chi connectivity index (χ1) is 15.9. The number of halogens is 1. The number of aromatic amines is 1. The number of nitriles is 1. The van der Waals surface area contributed by atoms with Gasteiger partial charge in [0, 0.05) is 23.5 Å². The van der Waals surface area contributed by atoms with Gasteiger partial charge in [0.05, 0.1) is 24.7 Å². The van der Waals surface area contributed by atoms with Gasteiger partial charge in [0.25, 0.3) is 0 Å². The summed E-state index contributed by atoms with van der Waals surface area (Å²) in [7, 11) is 1.93. The molecule has 7 heteroatoms. The predicted molar refractivity (Wildman–Crippen MR) is 128 cm³/mol. The fourth-order valence-corrected chi connectivity index (χ4v) is 3.65. The van der Waals surface area contributed by atoms with Gasteiger partial charge in [-0.15, -0.1) is 0 Å². The summed E-state index contributed by atoms with van der Waals surface area (Å²) in [5.74, 6) is -0.285. The first-order valence-electron chi connectivity index (χ1n) is 11.1. The molecule has 0 aliphatic carbocycles. The Bertz CT molecular complexity index is 1120. The van der Waals surface area contributed by atoms with Gasteiger partial charge >= 0.3 is 0 Å². The molecule has 0 spiro atoms. The zero-order chi connectivity index (χ0) is 23.8. The number of anilines is 1. The maximum absolute atomic E-state index is 13.1. The third-order valence-corrected chi connectivity index (χ3v) is 5.71. The topological polar surface area (TPSA) is 76.0 Å². The van der Waals surface area contributed by atoms with Crippen molar-refractivity contribution in [2.75, 3.05) is 31.6 Å². The molecular weight excluding hydrogens is 417 g/mol. The highest BCUT2D eigenvalue weighted by Gasteiger charge is 2.18. The van der Waals surface area contributed by atoms with Crippen molar-refractivity contribution in [3.05, 3.63) is 71.2 Å². The average molecular weight is 448 g/mol. The fourth-order valence-electron chi connectivity index (χ4n) is 3.65. The number of likely N-dealkylation sites (N-methyl/N-ethyl adjacent to an activating group) is 1. The van der Waals surface area contributed by atoms with Crippen LogP contribution in [0, 0.1) is 31.0 Å². The first-order valence-corrected chi connectivity index (χ1v) is 11.1. The number of aromatic nitrogens is 2. The van der Waals surface area contributed by atoms with Gasteiger partial charge in [-0.25, -0.2) is 4.39 Å². The second-order valence-electron chi connectivity index (χ2n) is 8.35. The Labute approximate surface area is 194 Å². The van der Waals surface area contributed by atoms with E-state index in [1.54, 1.807) is 17.0 Å². The van der Waals surface area contributed by atoms with Crippen molar-refractivity contribution in [2.24, 2.45) is 0 Å². The smallest absolute Gasteiger partial charge is 0.241 e. The Morgan fingerprint density at radius 1 is 1.09 bits per heavy atom. The van der Waals surface area contributed by atoms with Crippen LogP contribution in [0.2, 0.25) is 0 Å². The Balaban J connectivity index is 1.53. The molecule has 0 unspecified atom stereocenters. The summed E-state index contributed by atoms with van der Waals surface area (Å²) in [5, 5.41) is 16.4. The lowest BCUT2D eigenvalue weighted by Crippen LogP contribution is -2.40. The summed E-state index contributed by atoms with van der Waals surface area (Å²) in [6.07, 6.45) is 1.94. The summed E-state index contributed by atoms with van der Waals surface area (Å²) in [5.41, 5.74) is 5.78. The number of carbonyl (C=O) groups is 1. The second kappa shape index (κ2) is 11.4. The van der Waals surface area contributed by atoms with Crippen LogP contribution in [0.15, 0.2) is 48.5 Å². The summed E-state index contributed by atoms with van der Waals surface area (Å²) in [6, 6.07) is 16.3. The highest BCUT2D eigenvalue weighted by molar-refractivity contribution is 5.95. The number of carbonyl (C=O) groups excluding carboxylic acids is 1. The molecule has 1 aromatic heterocycles. The van der Waals surface area contributed by atoms with Crippen LogP contribution in [-0.4, -0.2) is 47.7 Å². The Morgan fingerprint density at radius 2 is 1.85 bits per heavy atom. The Morgan fingerprint density at radius 3 is 2.55 bits per heavy atom. The molecule has 3 rings (SSSR count). The van der Waals surface area contributed by atoms with Crippen molar-refractivity contribution in [1.29, 1.82) is 5.26 Å². The monoisotopic (exact) mass is 447 g/mol. The minimum atomic E-state index is -0.268.